The van der Waals surface area contributed by atoms with Crippen molar-refractivity contribution < 1.29 is 9.72 Å². The van der Waals surface area contributed by atoms with Crippen LogP contribution in [0.2, 0.25) is 0 Å². The molecular formula is C13H17N3O3. The van der Waals surface area contributed by atoms with Crippen LogP contribution in [-0.2, 0) is 0 Å². The van der Waals surface area contributed by atoms with Crippen molar-refractivity contribution in [2.75, 3.05) is 5.32 Å². The topological polar surface area (TPSA) is 98.3 Å². The quantitative estimate of drug-likeness (QED) is 0.607. The van der Waals surface area contributed by atoms with E-state index in [1.54, 1.807) is 0 Å². The molecule has 1 fully saturated rings. The first-order valence-corrected chi connectivity index (χ1v) is 6.37. The molecule has 1 aliphatic carbocycles. The van der Waals surface area contributed by atoms with Gasteiger partial charge in [0.25, 0.3) is 5.69 Å². The van der Waals surface area contributed by atoms with E-state index in [1.807, 2.05) is 0 Å². The predicted molar refractivity (Wildman–Crippen MR) is 72.0 cm³/mol. The Labute approximate surface area is 111 Å². The molecule has 2 atom stereocenters. The summed E-state index contributed by atoms with van der Waals surface area (Å²) in [6.07, 6.45) is 3.24. The molecule has 0 aliphatic heterocycles. The number of nitro benzene ring substituents is 1. The van der Waals surface area contributed by atoms with Gasteiger partial charge in [-0.3, -0.25) is 14.9 Å². The van der Waals surface area contributed by atoms with Gasteiger partial charge < -0.3 is 11.1 Å². The summed E-state index contributed by atoms with van der Waals surface area (Å²) < 4.78 is 0. The van der Waals surface area contributed by atoms with Crippen molar-refractivity contribution in [2.45, 2.75) is 32.2 Å². The van der Waals surface area contributed by atoms with Crippen LogP contribution < -0.4 is 11.1 Å². The van der Waals surface area contributed by atoms with Crippen molar-refractivity contribution in [3.63, 3.8) is 0 Å². The summed E-state index contributed by atoms with van der Waals surface area (Å²) in [5.41, 5.74) is 5.83. The average molecular weight is 263 g/mol. The number of nitrogens with two attached hydrogens (primary N) is 1. The van der Waals surface area contributed by atoms with Crippen molar-refractivity contribution in [2.24, 2.45) is 11.7 Å². The molecule has 1 aromatic rings. The van der Waals surface area contributed by atoms with Gasteiger partial charge in [-0.2, -0.15) is 0 Å². The third kappa shape index (κ3) is 3.01. The van der Waals surface area contributed by atoms with Gasteiger partial charge in [0, 0.05) is 17.7 Å². The molecule has 3 N–H and O–H groups in total. The normalized spacial score (nSPS) is 20.9. The number of hydrogen-bond donors (Lipinski definition) is 2. The Morgan fingerprint density at radius 1 is 1.58 bits per heavy atom. The van der Waals surface area contributed by atoms with E-state index in [2.05, 4.69) is 12.2 Å². The van der Waals surface area contributed by atoms with Gasteiger partial charge in [0.15, 0.2) is 0 Å². The number of amides is 1. The zero-order valence-corrected chi connectivity index (χ0v) is 10.8. The number of nitrogens with zero attached hydrogens (tertiary/aromatic N) is 1. The highest BCUT2D eigenvalue weighted by atomic mass is 16.6. The zero-order chi connectivity index (χ0) is 14.0. The van der Waals surface area contributed by atoms with Gasteiger partial charge >= 0.3 is 0 Å². The molecule has 0 heterocycles. The Kier molecular flexibility index (Phi) is 3.69. The van der Waals surface area contributed by atoms with Gasteiger partial charge in [0.2, 0.25) is 5.91 Å². The number of nitrogens with one attached hydrogen (secondary N) is 1. The lowest BCUT2D eigenvalue weighted by atomic mass is 10.1. The number of rotatable bonds is 6. The van der Waals surface area contributed by atoms with Gasteiger partial charge in [-0.15, -0.1) is 0 Å². The lowest BCUT2D eigenvalue weighted by molar-refractivity contribution is -0.384. The Morgan fingerprint density at radius 2 is 2.32 bits per heavy atom. The SMILES string of the molecule is CCCC1CC1Nc1cc(C(N)=O)ccc1[N+](=O)[O-]. The van der Waals surface area contributed by atoms with Crippen LogP contribution in [0.15, 0.2) is 18.2 Å². The third-order valence-electron chi connectivity index (χ3n) is 3.40. The van der Waals surface area contributed by atoms with Crippen LogP contribution in [0.5, 0.6) is 0 Å². The molecule has 2 unspecified atom stereocenters. The van der Waals surface area contributed by atoms with E-state index < -0.39 is 10.8 Å². The van der Waals surface area contributed by atoms with Crippen LogP contribution in [0.3, 0.4) is 0 Å². The molecule has 2 rings (SSSR count). The number of hydrogen-bond acceptors (Lipinski definition) is 4. The number of carbonyl (C=O) groups is 1. The van der Waals surface area contributed by atoms with Crippen LogP contribution in [-0.4, -0.2) is 16.9 Å². The summed E-state index contributed by atoms with van der Waals surface area (Å²) in [6.45, 7) is 2.12. The maximum Gasteiger partial charge on any atom is 0.292 e. The summed E-state index contributed by atoms with van der Waals surface area (Å²) in [6, 6.07) is 4.42. The Bertz CT molecular complexity index is 516. The maximum absolute atomic E-state index is 11.1. The fraction of sp³-hybridized carbons (Fsp3) is 0.462. The van der Waals surface area contributed by atoms with Crippen molar-refractivity contribution in [3.8, 4) is 0 Å². The Balaban J connectivity index is 2.19. The molecule has 1 aliphatic rings. The summed E-state index contributed by atoms with van der Waals surface area (Å²) in [4.78, 5) is 21.6. The molecule has 19 heavy (non-hydrogen) atoms. The fourth-order valence-electron chi connectivity index (χ4n) is 2.28. The van der Waals surface area contributed by atoms with Gasteiger partial charge in [-0.05, 0) is 30.9 Å². The summed E-state index contributed by atoms with van der Waals surface area (Å²) >= 11 is 0. The highest BCUT2D eigenvalue weighted by Gasteiger charge is 2.37. The number of benzene rings is 1. The third-order valence-corrected chi connectivity index (χ3v) is 3.40. The largest absolute Gasteiger partial charge is 0.376 e. The van der Waals surface area contributed by atoms with E-state index in [-0.39, 0.29) is 17.3 Å². The van der Waals surface area contributed by atoms with Gasteiger partial charge in [-0.25, -0.2) is 0 Å². The highest BCUT2D eigenvalue weighted by Crippen LogP contribution is 2.39. The standard InChI is InChI=1S/C13H17N3O3/c1-2-3-8-6-10(8)15-11-7-9(13(14)17)4-5-12(11)16(18)19/h4-5,7-8,10,15H,2-3,6H2,1H3,(H2,14,17). The van der Waals surface area contributed by atoms with E-state index >= 15 is 0 Å². The van der Waals surface area contributed by atoms with Crippen LogP contribution in [0.4, 0.5) is 11.4 Å². The first-order chi connectivity index (χ1) is 9.02. The summed E-state index contributed by atoms with van der Waals surface area (Å²) in [7, 11) is 0. The smallest absolute Gasteiger partial charge is 0.292 e. The van der Waals surface area contributed by atoms with Crippen LogP contribution in [0, 0.1) is 16.0 Å². The fourth-order valence-corrected chi connectivity index (χ4v) is 2.28. The van der Waals surface area contributed by atoms with Crippen molar-refractivity contribution in [3.05, 3.63) is 33.9 Å². The van der Waals surface area contributed by atoms with E-state index in [9.17, 15) is 14.9 Å². The molecule has 0 radical (unpaired) electrons. The second-order valence-corrected chi connectivity index (χ2v) is 4.89. The van der Waals surface area contributed by atoms with Crippen LogP contribution in [0.25, 0.3) is 0 Å². The first kappa shape index (κ1) is 13.3. The average Bonchev–Trinajstić information content (AvgIpc) is 3.07. The lowest BCUT2D eigenvalue weighted by Gasteiger charge is -2.08. The summed E-state index contributed by atoms with van der Waals surface area (Å²) in [5, 5.41) is 14.1. The highest BCUT2D eigenvalue weighted by molar-refractivity contribution is 5.94. The first-order valence-electron chi connectivity index (χ1n) is 6.37. The summed E-state index contributed by atoms with van der Waals surface area (Å²) in [5.74, 6) is -0.0132. The molecule has 0 bridgehead atoms. The molecule has 0 spiro atoms. The Hall–Kier alpha value is -2.11. The molecule has 1 saturated carbocycles. The minimum atomic E-state index is -0.584. The number of primary amides is 1. The monoisotopic (exact) mass is 263 g/mol. The van der Waals surface area contributed by atoms with Gasteiger partial charge in [0.1, 0.15) is 5.69 Å². The molecule has 1 aromatic carbocycles. The zero-order valence-electron chi connectivity index (χ0n) is 10.8. The number of anilines is 1. The molecule has 6 heteroatoms. The molecule has 0 saturated heterocycles. The molecular weight excluding hydrogens is 246 g/mol. The second-order valence-electron chi connectivity index (χ2n) is 4.89. The van der Waals surface area contributed by atoms with Gasteiger partial charge in [-0.1, -0.05) is 13.3 Å². The molecule has 6 nitrogen and oxygen atoms in total. The van der Waals surface area contributed by atoms with E-state index in [4.69, 9.17) is 5.73 Å². The second kappa shape index (κ2) is 5.26. The van der Waals surface area contributed by atoms with Crippen LogP contribution in [0.1, 0.15) is 36.5 Å². The molecule has 1 amide bonds. The van der Waals surface area contributed by atoms with Gasteiger partial charge in [0.05, 0.1) is 4.92 Å². The van der Waals surface area contributed by atoms with E-state index in [0.29, 0.717) is 11.6 Å². The van der Waals surface area contributed by atoms with Crippen molar-refractivity contribution in [1.82, 2.24) is 0 Å². The maximum atomic E-state index is 11.1. The number of nitro groups is 1. The van der Waals surface area contributed by atoms with Crippen LogP contribution >= 0.6 is 0 Å². The van der Waals surface area contributed by atoms with E-state index in [0.717, 1.165) is 19.3 Å². The van der Waals surface area contributed by atoms with Crippen molar-refractivity contribution in [1.29, 1.82) is 0 Å². The lowest BCUT2D eigenvalue weighted by Crippen LogP contribution is -2.13. The molecule has 102 valence electrons. The number of carbonyl (C=O) groups excluding carboxylic acids is 1. The minimum absolute atomic E-state index is 0.0212. The predicted octanol–water partition coefficient (Wildman–Crippen LogP) is 2.29. The van der Waals surface area contributed by atoms with E-state index in [1.165, 1.54) is 18.2 Å². The Morgan fingerprint density at radius 3 is 2.89 bits per heavy atom. The molecule has 0 aromatic heterocycles. The van der Waals surface area contributed by atoms with Crippen molar-refractivity contribution >= 4 is 17.3 Å². The minimum Gasteiger partial charge on any atom is -0.376 e.